The van der Waals surface area contributed by atoms with Gasteiger partial charge in [0.1, 0.15) is 0 Å². The lowest BCUT2D eigenvalue weighted by molar-refractivity contribution is 0.0953. The monoisotopic (exact) mass is 383 g/mol. The molecule has 1 aromatic rings. The van der Waals surface area contributed by atoms with E-state index in [4.69, 9.17) is 4.74 Å². The van der Waals surface area contributed by atoms with Crippen LogP contribution in [0.25, 0.3) is 0 Å². The average molecular weight is 384 g/mol. The van der Waals surface area contributed by atoms with E-state index < -0.39 is 10.0 Å². The van der Waals surface area contributed by atoms with Gasteiger partial charge in [-0.3, -0.25) is 4.79 Å². The molecule has 1 aliphatic rings. The summed E-state index contributed by atoms with van der Waals surface area (Å²) in [6.07, 6.45) is 3.89. The van der Waals surface area contributed by atoms with Crippen molar-refractivity contribution in [1.82, 2.24) is 14.9 Å². The highest BCUT2D eigenvalue weighted by Gasteiger charge is 2.25. The fourth-order valence-electron chi connectivity index (χ4n) is 2.89. The van der Waals surface area contributed by atoms with Gasteiger partial charge in [-0.15, -0.1) is 0 Å². The summed E-state index contributed by atoms with van der Waals surface area (Å²) in [5, 5.41) is 5.93. The number of nitrogens with one attached hydrogen (secondary N) is 2. The van der Waals surface area contributed by atoms with Crippen LogP contribution in [0.5, 0.6) is 0 Å². The molecule has 1 aliphatic heterocycles. The molecule has 0 saturated carbocycles. The van der Waals surface area contributed by atoms with Crippen molar-refractivity contribution in [2.24, 2.45) is 0 Å². The predicted molar refractivity (Wildman–Crippen MR) is 101 cm³/mol. The van der Waals surface area contributed by atoms with Crippen molar-refractivity contribution >= 4 is 15.9 Å². The van der Waals surface area contributed by atoms with Gasteiger partial charge in [0.25, 0.3) is 5.91 Å². The van der Waals surface area contributed by atoms with Crippen LogP contribution >= 0.6 is 0 Å². The Morgan fingerprint density at radius 1 is 1.12 bits per heavy atom. The Morgan fingerprint density at radius 2 is 1.85 bits per heavy atom. The Hall–Kier alpha value is -1.48. The molecule has 26 heavy (non-hydrogen) atoms. The first-order valence-electron chi connectivity index (χ1n) is 9.14. The third kappa shape index (κ3) is 6.05. The number of carbonyl (C=O) groups excluding carboxylic acids is 1. The van der Waals surface area contributed by atoms with Crippen molar-refractivity contribution in [3.63, 3.8) is 0 Å². The largest absolute Gasteiger partial charge is 0.383 e. The van der Waals surface area contributed by atoms with E-state index >= 15 is 0 Å². The molecule has 1 saturated heterocycles. The number of methoxy groups -OCH3 is 1. The lowest BCUT2D eigenvalue weighted by atomic mass is 10.2. The number of ether oxygens (including phenoxy) is 1. The van der Waals surface area contributed by atoms with Gasteiger partial charge < -0.3 is 15.4 Å². The van der Waals surface area contributed by atoms with E-state index in [-0.39, 0.29) is 10.8 Å². The molecule has 2 N–H and O–H groups in total. The van der Waals surface area contributed by atoms with Crippen LogP contribution in [0.1, 0.15) is 36.0 Å². The third-order valence-corrected chi connectivity index (χ3v) is 6.26. The zero-order chi connectivity index (χ0) is 18.8. The van der Waals surface area contributed by atoms with Gasteiger partial charge in [-0.05, 0) is 31.0 Å². The summed E-state index contributed by atoms with van der Waals surface area (Å²) in [4.78, 5) is 12.5. The molecule has 2 rings (SSSR count). The van der Waals surface area contributed by atoms with Gasteiger partial charge in [0.05, 0.1) is 11.5 Å². The number of carbonyl (C=O) groups is 1. The fourth-order valence-corrected chi connectivity index (χ4v) is 4.46. The van der Waals surface area contributed by atoms with Crippen molar-refractivity contribution < 1.29 is 17.9 Å². The van der Waals surface area contributed by atoms with E-state index in [0.717, 1.165) is 32.2 Å². The van der Waals surface area contributed by atoms with Crippen LogP contribution in [-0.2, 0) is 14.8 Å². The van der Waals surface area contributed by atoms with Crippen molar-refractivity contribution in [3.05, 3.63) is 29.8 Å². The number of sulfonamides is 1. The second-order valence-electron chi connectivity index (χ2n) is 6.34. The minimum atomic E-state index is -3.55. The highest BCUT2D eigenvalue weighted by molar-refractivity contribution is 7.89. The Kier molecular flexibility index (Phi) is 8.50. The molecule has 1 amide bonds. The zero-order valence-electron chi connectivity index (χ0n) is 15.4. The highest BCUT2D eigenvalue weighted by Crippen LogP contribution is 2.21. The van der Waals surface area contributed by atoms with Gasteiger partial charge in [0.2, 0.25) is 10.0 Å². The van der Waals surface area contributed by atoms with Gasteiger partial charge >= 0.3 is 0 Å². The van der Waals surface area contributed by atoms with Gasteiger partial charge in [-0.1, -0.05) is 18.9 Å². The molecular formula is C18H29N3O4S. The molecule has 1 fully saturated rings. The molecule has 0 aromatic heterocycles. The molecule has 0 atom stereocenters. The minimum absolute atomic E-state index is 0.185. The summed E-state index contributed by atoms with van der Waals surface area (Å²) in [5.74, 6) is -0.272. The number of amides is 1. The summed E-state index contributed by atoms with van der Waals surface area (Å²) in [6.45, 7) is 3.52. The Labute approximate surface area is 156 Å². The maximum atomic E-state index is 12.8. The molecular weight excluding hydrogens is 354 g/mol. The molecule has 0 unspecified atom stereocenters. The zero-order valence-corrected chi connectivity index (χ0v) is 16.2. The van der Waals surface area contributed by atoms with Crippen LogP contribution in [0.15, 0.2) is 29.2 Å². The van der Waals surface area contributed by atoms with Crippen LogP contribution in [0.2, 0.25) is 0 Å². The number of hydrogen-bond acceptors (Lipinski definition) is 5. The summed E-state index contributed by atoms with van der Waals surface area (Å²) < 4.78 is 32.2. The summed E-state index contributed by atoms with van der Waals surface area (Å²) in [6, 6.07) is 6.28. The highest BCUT2D eigenvalue weighted by atomic mass is 32.2. The summed E-state index contributed by atoms with van der Waals surface area (Å²) in [5.41, 5.74) is 0.359. The van der Waals surface area contributed by atoms with Gasteiger partial charge in [-0.25, -0.2) is 8.42 Å². The van der Waals surface area contributed by atoms with Gasteiger partial charge in [0, 0.05) is 45.4 Å². The quantitative estimate of drug-likeness (QED) is 0.626. The first-order chi connectivity index (χ1) is 12.6. The summed E-state index contributed by atoms with van der Waals surface area (Å²) >= 11 is 0. The first-order valence-corrected chi connectivity index (χ1v) is 10.6. The molecule has 0 radical (unpaired) electrons. The molecule has 0 spiro atoms. The second kappa shape index (κ2) is 10.6. The van der Waals surface area contributed by atoms with Gasteiger partial charge in [-0.2, -0.15) is 4.31 Å². The number of benzene rings is 1. The van der Waals surface area contributed by atoms with Crippen molar-refractivity contribution in [3.8, 4) is 0 Å². The van der Waals surface area contributed by atoms with E-state index in [1.54, 1.807) is 25.3 Å². The smallest absolute Gasteiger partial charge is 0.251 e. The lowest BCUT2D eigenvalue weighted by Gasteiger charge is -2.20. The molecule has 1 aromatic carbocycles. The molecule has 7 nitrogen and oxygen atoms in total. The normalized spacial score (nSPS) is 16.2. The van der Waals surface area contributed by atoms with Crippen molar-refractivity contribution in [2.75, 3.05) is 46.4 Å². The standard InChI is InChI=1S/C18H29N3O4S/c1-25-14-11-19-9-10-20-18(22)16-7-6-8-17(15-16)26(23,24)21-12-4-2-3-5-13-21/h6-8,15,19H,2-5,9-14H2,1H3,(H,20,22). The average Bonchev–Trinajstić information content (AvgIpc) is 2.94. The molecule has 0 aliphatic carbocycles. The van der Waals surface area contributed by atoms with Crippen LogP contribution in [0, 0.1) is 0 Å². The molecule has 0 bridgehead atoms. The maximum Gasteiger partial charge on any atom is 0.251 e. The predicted octanol–water partition coefficient (Wildman–Crippen LogP) is 1.22. The van der Waals surface area contributed by atoms with Crippen LogP contribution in [0.4, 0.5) is 0 Å². The maximum absolute atomic E-state index is 12.8. The second-order valence-corrected chi connectivity index (χ2v) is 8.28. The van der Waals surface area contributed by atoms with E-state index in [0.29, 0.717) is 38.3 Å². The van der Waals surface area contributed by atoms with E-state index in [9.17, 15) is 13.2 Å². The van der Waals surface area contributed by atoms with Gasteiger partial charge in [0.15, 0.2) is 0 Å². The topological polar surface area (TPSA) is 87.7 Å². The lowest BCUT2D eigenvalue weighted by Crippen LogP contribution is -2.34. The first kappa shape index (κ1) is 20.8. The van der Waals surface area contributed by atoms with Crippen LogP contribution in [0.3, 0.4) is 0 Å². The third-order valence-electron chi connectivity index (χ3n) is 4.37. The number of hydrogen-bond donors (Lipinski definition) is 2. The number of rotatable bonds is 9. The Bertz CT molecular complexity index is 671. The van der Waals surface area contributed by atoms with E-state index in [2.05, 4.69) is 10.6 Å². The van der Waals surface area contributed by atoms with Crippen LogP contribution < -0.4 is 10.6 Å². The van der Waals surface area contributed by atoms with E-state index in [1.165, 1.54) is 10.4 Å². The van der Waals surface area contributed by atoms with Crippen LogP contribution in [-0.4, -0.2) is 65.1 Å². The van der Waals surface area contributed by atoms with E-state index in [1.807, 2.05) is 0 Å². The fraction of sp³-hybridized carbons (Fsp3) is 0.611. The van der Waals surface area contributed by atoms with Crippen molar-refractivity contribution in [2.45, 2.75) is 30.6 Å². The Balaban J connectivity index is 1.96. The molecule has 8 heteroatoms. The molecule has 146 valence electrons. The minimum Gasteiger partial charge on any atom is -0.383 e. The number of nitrogens with zero attached hydrogens (tertiary/aromatic N) is 1. The molecule has 1 heterocycles. The SMILES string of the molecule is COCCNCCNC(=O)c1cccc(S(=O)(=O)N2CCCCCC2)c1. The summed E-state index contributed by atoms with van der Waals surface area (Å²) in [7, 11) is -1.91. The van der Waals surface area contributed by atoms with Crippen molar-refractivity contribution in [1.29, 1.82) is 0 Å². The Morgan fingerprint density at radius 3 is 2.54 bits per heavy atom.